The number of rotatable bonds is 4. The van der Waals surface area contributed by atoms with E-state index in [1.54, 1.807) is 5.43 Å². The van der Waals surface area contributed by atoms with Gasteiger partial charge in [0.05, 0.1) is 16.7 Å². The lowest BCUT2D eigenvalue weighted by atomic mass is 10.0. The van der Waals surface area contributed by atoms with Crippen LogP contribution in [-0.2, 0) is 16.5 Å². The normalized spacial score (nSPS) is 15.3. The van der Waals surface area contributed by atoms with E-state index in [2.05, 4.69) is 15.3 Å². The number of benzene rings is 1. The standard InChI is InChI=1S/C17H13F6N5O2/c18-16(19,20)11-3-1-10(2-4-11)15(5-6-15)26-14-24-7-9(8-25-14)12(29)27-28-13(30)17(21,22)23/h1-4,7-8H,5-6H2,(H,27,29)(H,28,30)(H,24,25,26). The number of hydrogen-bond acceptors (Lipinski definition) is 5. The van der Waals surface area contributed by atoms with Crippen molar-refractivity contribution in [2.75, 3.05) is 5.32 Å². The third kappa shape index (κ3) is 4.78. The van der Waals surface area contributed by atoms with Gasteiger partial charge in [0.2, 0.25) is 5.95 Å². The van der Waals surface area contributed by atoms with Gasteiger partial charge in [-0.15, -0.1) is 0 Å². The van der Waals surface area contributed by atoms with Crippen molar-refractivity contribution in [2.45, 2.75) is 30.7 Å². The minimum Gasteiger partial charge on any atom is -0.345 e. The maximum atomic E-state index is 12.7. The summed E-state index contributed by atoms with van der Waals surface area (Å²) in [5.74, 6) is -3.34. The second-order valence-electron chi connectivity index (χ2n) is 6.48. The average Bonchev–Trinajstić information content (AvgIpc) is 3.45. The Morgan fingerprint density at radius 2 is 1.47 bits per heavy atom. The van der Waals surface area contributed by atoms with Crippen LogP contribution in [-0.4, -0.2) is 28.0 Å². The number of anilines is 1. The number of amides is 2. The Labute approximate surface area is 164 Å². The van der Waals surface area contributed by atoms with Crippen LogP contribution in [0.25, 0.3) is 0 Å². The van der Waals surface area contributed by atoms with Crippen molar-refractivity contribution in [3.63, 3.8) is 0 Å². The van der Waals surface area contributed by atoms with Crippen LogP contribution in [0.15, 0.2) is 36.7 Å². The Hall–Kier alpha value is -3.38. The first-order valence-electron chi connectivity index (χ1n) is 8.36. The molecule has 1 aliphatic carbocycles. The molecule has 2 amide bonds. The van der Waals surface area contributed by atoms with Gasteiger partial charge in [0.25, 0.3) is 5.91 Å². The molecule has 0 saturated heterocycles. The summed E-state index contributed by atoms with van der Waals surface area (Å²) in [6, 6.07) is 4.66. The monoisotopic (exact) mass is 433 g/mol. The summed E-state index contributed by atoms with van der Waals surface area (Å²) in [6.45, 7) is 0. The van der Waals surface area contributed by atoms with Gasteiger partial charge in [0.1, 0.15) is 0 Å². The zero-order chi connectivity index (χ0) is 22.2. The molecule has 0 bridgehead atoms. The van der Waals surface area contributed by atoms with E-state index in [4.69, 9.17) is 0 Å². The van der Waals surface area contributed by atoms with Crippen LogP contribution in [0.3, 0.4) is 0 Å². The van der Waals surface area contributed by atoms with E-state index >= 15 is 0 Å². The summed E-state index contributed by atoms with van der Waals surface area (Å²) in [4.78, 5) is 30.2. The maximum absolute atomic E-state index is 12.7. The fraction of sp³-hybridized carbons (Fsp3) is 0.294. The van der Waals surface area contributed by atoms with E-state index in [1.807, 2.05) is 0 Å². The Balaban J connectivity index is 1.63. The highest BCUT2D eigenvalue weighted by Gasteiger charge is 2.45. The molecule has 0 spiro atoms. The van der Waals surface area contributed by atoms with E-state index in [-0.39, 0.29) is 11.5 Å². The first-order valence-corrected chi connectivity index (χ1v) is 8.36. The Kier molecular flexibility index (Phi) is 5.31. The predicted molar refractivity (Wildman–Crippen MR) is 89.7 cm³/mol. The van der Waals surface area contributed by atoms with Gasteiger partial charge in [0.15, 0.2) is 0 Å². The lowest BCUT2D eigenvalue weighted by molar-refractivity contribution is -0.174. The maximum Gasteiger partial charge on any atom is 0.472 e. The second-order valence-corrected chi connectivity index (χ2v) is 6.48. The number of halogens is 6. The average molecular weight is 433 g/mol. The summed E-state index contributed by atoms with van der Waals surface area (Å²) in [5.41, 5.74) is 1.75. The fourth-order valence-electron chi connectivity index (χ4n) is 2.57. The number of aromatic nitrogens is 2. The molecule has 1 aromatic carbocycles. The van der Waals surface area contributed by atoms with Crippen molar-refractivity contribution in [3.8, 4) is 0 Å². The van der Waals surface area contributed by atoms with E-state index in [0.717, 1.165) is 24.5 Å². The van der Waals surface area contributed by atoms with Crippen molar-refractivity contribution in [1.82, 2.24) is 20.8 Å². The van der Waals surface area contributed by atoms with Crippen molar-refractivity contribution in [1.29, 1.82) is 0 Å². The van der Waals surface area contributed by atoms with Gasteiger partial charge >= 0.3 is 18.3 Å². The number of alkyl halides is 6. The lowest BCUT2D eigenvalue weighted by Crippen LogP contribution is -2.47. The van der Waals surface area contributed by atoms with Gasteiger partial charge in [-0.25, -0.2) is 9.97 Å². The van der Waals surface area contributed by atoms with E-state index < -0.39 is 35.3 Å². The molecule has 3 rings (SSSR count). The highest BCUT2D eigenvalue weighted by Crippen LogP contribution is 2.48. The molecule has 2 aromatic rings. The summed E-state index contributed by atoms with van der Waals surface area (Å²) in [7, 11) is 0. The number of hydrazine groups is 1. The van der Waals surface area contributed by atoms with Crippen molar-refractivity contribution >= 4 is 17.8 Å². The molecule has 7 nitrogen and oxygen atoms in total. The summed E-state index contributed by atoms with van der Waals surface area (Å²) < 4.78 is 74.3. The van der Waals surface area contributed by atoms with Crippen molar-refractivity contribution in [2.24, 2.45) is 0 Å². The van der Waals surface area contributed by atoms with E-state index in [0.29, 0.717) is 18.4 Å². The van der Waals surface area contributed by atoms with Gasteiger partial charge < -0.3 is 5.32 Å². The number of nitrogens with one attached hydrogen (secondary N) is 3. The van der Waals surface area contributed by atoms with Gasteiger partial charge in [-0.05, 0) is 30.5 Å². The topological polar surface area (TPSA) is 96.0 Å². The molecule has 0 atom stereocenters. The third-order valence-corrected chi connectivity index (χ3v) is 4.33. The minimum absolute atomic E-state index is 0.0725. The van der Waals surface area contributed by atoms with Crippen LogP contribution in [0.1, 0.15) is 34.3 Å². The first kappa shape index (κ1) is 21.3. The molecule has 0 unspecified atom stereocenters. The number of carbonyl (C=O) groups is 2. The number of carbonyl (C=O) groups excluding carboxylic acids is 2. The molecule has 160 valence electrons. The fourth-order valence-corrected chi connectivity index (χ4v) is 2.57. The Morgan fingerprint density at radius 1 is 0.900 bits per heavy atom. The van der Waals surface area contributed by atoms with Gasteiger partial charge in [-0.3, -0.25) is 20.4 Å². The van der Waals surface area contributed by atoms with Gasteiger partial charge in [-0.1, -0.05) is 12.1 Å². The largest absolute Gasteiger partial charge is 0.472 e. The molecule has 1 aromatic heterocycles. The molecule has 30 heavy (non-hydrogen) atoms. The summed E-state index contributed by atoms with van der Waals surface area (Å²) >= 11 is 0. The predicted octanol–water partition coefficient (Wildman–Crippen LogP) is 2.92. The smallest absolute Gasteiger partial charge is 0.345 e. The SMILES string of the molecule is O=C(NNC(=O)C(F)(F)F)c1cnc(NC2(c3ccc(C(F)(F)F)cc3)CC2)nc1. The second kappa shape index (κ2) is 7.46. The quantitative estimate of drug-likeness (QED) is 0.509. The summed E-state index contributed by atoms with van der Waals surface area (Å²) in [6.07, 6.45) is -6.32. The van der Waals surface area contributed by atoms with Gasteiger partial charge in [0, 0.05) is 12.4 Å². The summed E-state index contributed by atoms with van der Waals surface area (Å²) in [5, 5.41) is 2.99. The molecule has 1 heterocycles. The zero-order valence-corrected chi connectivity index (χ0v) is 14.9. The van der Waals surface area contributed by atoms with Crippen LogP contribution >= 0.6 is 0 Å². The molecule has 13 heteroatoms. The van der Waals surface area contributed by atoms with Crippen LogP contribution in [0.5, 0.6) is 0 Å². The van der Waals surface area contributed by atoms with Crippen LogP contribution < -0.4 is 16.2 Å². The van der Waals surface area contributed by atoms with Crippen LogP contribution in [0, 0.1) is 0 Å². The molecule has 0 radical (unpaired) electrons. The van der Waals surface area contributed by atoms with Crippen LogP contribution in [0.4, 0.5) is 32.3 Å². The van der Waals surface area contributed by atoms with E-state index in [1.165, 1.54) is 17.6 Å². The molecule has 0 aliphatic heterocycles. The van der Waals surface area contributed by atoms with Gasteiger partial charge in [-0.2, -0.15) is 26.3 Å². The van der Waals surface area contributed by atoms with E-state index in [9.17, 15) is 35.9 Å². The number of nitrogens with zero attached hydrogens (tertiary/aromatic N) is 2. The molecule has 1 fully saturated rings. The zero-order valence-electron chi connectivity index (χ0n) is 14.9. The van der Waals surface area contributed by atoms with Crippen LogP contribution in [0.2, 0.25) is 0 Å². The minimum atomic E-state index is -5.16. The Morgan fingerprint density at radius 3 is 1.93 bits per heavy atom. The molecule has 3 N–H and O–H groups in total. The number of hydrogen-bond donors (Lipinski definition) is 3. The first-order chi connectivity index (χ1) is 13.9. The highest BCUT2D eigenvalue weighted by atomic mass is 19.4. The van der Waals surface area contributed by atoms with Crippen molar-refractivity contribution < 1.29 is 35.9 Å². The third-order valence-electron chi connectivity index (χ3n) is 4.33. The molecular formula is C17H13F6N5O2. The molecular weight excluding hydrogens is 420 g/mol. The van der Waals surface area contributed by atoms with Crippen molar-refractivity contribution in [3.05, 3.63) is 53.3 Å². The molecule has 1 aliphatic rings. The lowest BCUT2D eigenvalue weighted by Gasteiger charge is -2.18. The molecule has 1 saturated carbocycles. The highest BCUT2D eigenvalue weighted by molar-refractivity contribution is 5.95. The Bertz CT molecular complexity index is 937.